The number of amides is 1. The van der Waals surface area contributed by atoms with Crippen molar-refractivity contribution in [3.8, 4) is 0 Å². The van der Waals surface area contributed by atoms with Crippen LogP contribution in [0.2, 0.25) is 0 Å². The average molecular weight is 180 g/mol. The van der Waals surface area contributed by atoms with E-state index in [1.54, 1.807) is 0 Å². The minimum Gasteiger partial charge on any atom is -0.480 e. The highest BCUT2D eigenvalue weighted by Crippen LogP contribution is 1.86. The van der Waals surface area contributed by atoms with Crippen molar-refractivity contribution in [2.24, 2.45) is 0 Å². The number of rotatable bonds is 3. The Morgan fingerprint density at radius 2 is 2.09 bits per heavy atom. The van der Waals surface area contributed by atoms with Crippen molar-refractivity contribution in [2.75, 3.05) is 5.75 Å². The lowest BCUT2D eigenvalue weighted by Crippen LogP contribution is -2.40. The van der Waals surface area contributed by atoms with Crippen molar-refractivity contribution in [1.29, 1.82) is 0 Å². The zero-order valence-electron chi connectivity index (χ0n) is 6.20. The Morgan fingerprint density at radius 1 is 1.64 bits per heavy atom. The predicted molar refractivity (Wildman–Crippen MR) is 44.1 cm³/mol. The highest BCUT2D eigenvalue weighted by atomic mass is 32.1. The quantitative estimate of drug-likeness (QED) is 0.446. The maximum Gasteiger partial charge on any atom is 0.327 e. The van der Waals surface area contributed by atoms with Crippen molar-refractivity contribution in [2.45, 2.75) is 13.0 Å². The van der Waals surface area contributed by atoms with E-state index in [1.165, 1.54) is 6.92 Å². The molecule has 0 rings (SSSR count). The third-order valence-corrected chi connectivity index (χ3v) is 1.22. The fourth-order valence-electron chi connectivity index (χ4n) is 0.431. The van der Waals surface area contributed by atoms with Gasteiger partial charge in [0.2, 0.25) is 5.91 Å². The molecular formula is C5H12N2O3S. The molecule has 6 heteroatoms. The Labute approximate surface area is 70.2 Å². The molecule has 0 aliphatic rings. The first kappa shape index (κ1) is 12.9. The summed E-state index contributed by atoms with van der Waals surface area (Å²) in [6.07, 6.45) is 0. The fourth-order valence-corrected chi connectivity index (χ4v) is 0.678. The molecule has 1 unspecified atom stereocenters. The Bertz CT molecular complexity index is 151. The van der Waals surface area contributed by atoms with Crippen LogP contribution in [0, 0.1) is 0 Å². The summed E-state index contributed by atoms with van der Waals surface area (Å²) >= 11 is 3.73. The number of thiol groups is 1. The van der Waals surface area contributed by atoms with Gasteiger partial charge >= 0.3 is 5.97 Å². The number of hydrogen-bond acceptors (Lipinski definition) is 4. The highest BCUT2D eigenvalue weighted by Gasteiger charge is 2.14. The van der Waals surface area contributed by atoms with Crippen LogP contribution in [0.3, 0.4) is 0 Å². The molecule has 0 saturated carbocycles. The van der Waals surface area contributed by atoms with Crippen LogP contribution in [0.4, 0.5) is 0 Å². The maximum atomic E-state index is 10.3. The minimum absolute atomic E-state index is 0. The normalized spacial score (nSPS) is 11.1. The monoisotopic (exact) mass is 180 g/mol. The largest absolute Gasteiger partial charge is 0.480 e. The zero-order chi connectivity index (χ0) is 8.15. The Morgan fingerprint density at radius 3 is 2.18 bits per heavy atom. The second kappa shape index (κ2) is 5.99. The lowest BCUT2D eigenvalue weighted by atomic mass is 10.3. The van der Waals surface area contributed by atoms with Gasteiger partial charge in [-0.15, -0.1) is 0 Å². The smallest absolute Gasteiger partial charge is 0.327 e. The second-order valence-electron chi connectivity index (χ2n) is 1.77. The summed E-state index contributed by atoms with van der Waals surface area (Å²) in [6.45, 7) is 1.26. The van der Waals surface area contributed by atoms with E-state index in [0.717, 1.165) is 0 Å². The molecule has 0 bridgehead atoms. The lowest BCUT2D eigenvalue weighted by molar-refractivity contribution is -0.140. The van der Waals surface area contributed by atoms with Crippen LogP contribution >= 0.6 is 12.6 Å². The van der Waals surface area contributed by atoms with Crippen LogP contribution in [0.15, 0.2) is 0 Å². The molecule has 0 radical (unpaired) electrons. The standard InChI is InChI=1S/C5H9NO3S.H3N/c1-3(7)6-4(2-10)5(8)9;/h4,10H,2H2,1H3,(H,6,7)(H,8,9);1H3. The highest BCUT2D eigenvalue weighted by molar-refractivity contribution is 7.80. The first-order valence-electron chi connectivity index (χ1n) is 2.68. The number of nitrogens with one attached hydrogen (secondary N) is 1. The van der Waals surface area contributed by atoms with Gasteiger partial charge < -0.3 is 16.6 Å². The number of aliphatic carboxylic acids is 1. The van der Waals surface area contributed by atoms with Gasteiger partial charge in [0, 0.05) is 12.7 Å². The fraction of sp³-hybridized carbons (Fsp3) is 0.600. The van der Waals surface area contributed by atoms with Gasteiger partial charge in [-0.2, -0.15) is 12.6 Å². The topological polar surface area (TPSA) is 101 Å². The van der Waals surface area contributed by atoms with Crippen molar-refractivity contribution in [3.05, 3.63) is 0 Å². The zero-order valence-corrected chi connectivity index (χ0v) is 7.10. The minimum atomic E-state index is -1.06. The molecule has 0 heterocycles. The first-order valence-corrected chi connectivity index (χ1v) is 3.32. The molecule has 0 aromatic rings. The van der Waals surface area contributed by atoms with Gasteiger partial charge in [0.05, 0.1) is 0 Å². The van der Waals surface area contributed by atoms with Crippen LogP contribution in [-0.2, 0) is 9.59 Å². The van der Waals surface area contributed by atoms with Crippen molar-refractivity contribution in [3.63, 3.8) is 0 Å². The Hall–Kier alpha value is -0.750. The van der Waals surface area contributed by atoms with E-state index in [2.05, 4.69) is 17.9 Å². The third-order valence-electron chi connectivity index (χ3n) is 0.858. The van der Waals surface area contributed by atoms with E-state index >= 15 is 0 Å². The van der Waals surface area contributed by atoms with Gasteiger partial charge in [0.1, 0.15) is 6.04 Å². The first-order chi connectivity index (χ1) is 4.57. The molecule has 0 aliphatic heterocycles. The number of carboxylic acids is 1. The van der Waals surface area contributed by atoms with E-state index < -0.39 is 12.0 Å². The van der Waals surface area contributed by atoms with E-state index in [9.17, 15) is 9.59 Å². The van der Waals surface area contributed by atoms with Crippen LogP contribution in [0.5, 0.6) is 0 Å². The molecule has 1 amide bonds. The lowest BCUT2D eigenvalue weighted by Gasteiger charge is -2.08. The van der Waals surface area contributed by atoms with Crippen LogP contribution in [0.1, 0.15) is 6.92 Å². The molecule has 0 aromatic carbocycles. The summed E-state index contributed by atoms with van der Waals surface area (Å²) in [6, 6.07) is -0.874. The summed E-state index contributed by atoms with van der Waals surface area (Å²) in [5.74, 6) is -1.32. The molecule has 0 spiro atoms. The van der Waals surface area contributed by atoms with Crippen LogP contribution in [-0.4, -0.2) is 28.8 Å². The molecule has 11 heavy (non-hydrogen) atoms. The van der Waals surface area contributed by atoms with E-state index in [-0.39, 0.29) is 17.8 Å². The summed E-state index contributed by atoms with van der Waals surface area (Å²) < 4.78 is 0. The Balaban J connectivity index is 0. The second-order valence-corrected chi connectivity index (χ2v) is 2.14. The molecule has 0 aromatic heterocycles. The van der Waals surface area contributed by atoms with E-state index in [4.69, 9.17) is 5.11 Å². The number of carbonyl (C=O) groups is 2. The van der Waals surface area contributed by atoms with Crippen molar-refractivity contribution in [1.82, 2.24) is 11.5 Å². The third kappa shape index (κ3) is 5.68. The molecule has 66 valence electrons. The number of hydrogen-bond donors (Lipinski definition) is 4. The van der Waals surface area contributed by atoms with E-state index in [1.807, 2.05) is 0 Å². The van der Waals surface area contributed by atoms with Gasteiger partial charge in [-0.05, 0) is 0 Å². The van der Waals surface area contributed by atoms with E-state index in [0.29, 0.717) is 0 Å². The molecule has 5 nitrogen and oxygen atoms in total. The van der Waals surface area contributed by atoms with Crippen LogP contribution in [0.25, 0.3) is 0 Å². The summed E-state index contributed by atoms with van der Waals surface area (Å²) in [5, 5.41) is 10.6. The average Bonchev–Trinajstić information content (AvgIpc) is 1.81. The molecule has 1 atom stereocenters. The number of carbonyl (C=O) groups excluding carboxylic acids is 1. The van der Waals surface area contributed by atoms with Crippen molar-refractivity contribution < 1.29 is 14.7 Å². The summed E-state index contributed by atoms with van der Waals surface area (Å²) in [7, 11) is 0. The molecule has 0 saturated heterocycles. The summed E-state index contributed by atoms with van der Waals surface area (Å²) in [5.41, 5.74) is 0. The molecule has 0 aliphatic carbocycles. The molecule has 5 N–H and O–H groups in total. The van der Waals surface area contributed by atoms with Gasteiger partial charge in [0.25, 0.3) is 0 Å². The SMILES string of the molecule is CC(=O)NC(CS)C(=O)O.N. The van der Waals surface area contributed by atoms with Crippen molar-refractivity contribution >= 4 is 24.5 Å². The maximum absolute atomic E-state index is 10.3. The van der Waals surface area contributed by atoms with Gasteiger partial charge in [-0.3, -0.25) is 4.79 Å². The molecular weight excluding hydrogens is 168 g/mol. The van der Waals surface area contributed by atoms with Gasteiger partial charge in [-0.1, -0.05) is 0 Å². The summed E-state index contributed by atoms with van der Waals surface area (Å²) in [4.78, 5) is 20.5. The van der Waals surface area contributed by atoms with Gasteiger partial charge in [-0.25, -0.2) is 4.79 Å². The van der Waals surface area contributed by atoms with Gasteiger partial charge in [0.15, 0.2) is 0 Å². The number of carboxylic acid groups (broad SMARTS) is 1. The predicted octanol–water partition coefficient (Wildman–Crippen LogP) is -0.332. The van der Waals surface area contributed by atoms with Crippen LogP contribution < -0.4 is 11.5 Å². The Kier molecular flexibility index (Phi) is 7.02. The molecule has 0 fully saturated rings.